The number of nitrogens with one attached hydrogen (secondary N) is 3. The number of hydrogen-bond donors (Lipinski definition) is 3. The first-order chi connectivity index (χ1) is 16.4. The van der Waals surface area contributed by atoms with Gasteiger partial charge in [0.2, 0.25) is 5.91 Å². The van der Waals surface area contributed by atoms with Crippen molar-refractivity contribution in [2.24, 2.45) is 0 Å². The highest BCUT2D eigenvalue weighted by Crippen LogP contribution is 2.37. The third-order valence-corrected chi connectivity index (χ3v) is 6.86. The fourth-order valence-corrected chi connectivity index (χ4v) is 4.77. The average molecular weight is 561 g/mol. The van der Waals surface area contributed by atoms with E-state index in [0.29, 0.717) is 10.0 Å². The van der Waals surface area contributed by atoms with Gasteiger partial charge < -0.3 is 10.1 Å². The number of hydrogen-bond acceptors (Lipinski definition) is 4. The Morgan fingerprint density at radius 2 is 1.85 bits per heavy atom. The van der Waals surface area contributed by atoms with Crippen molar-refractivity contribution in [3.8, 4) is 16.9 Å². The Kier molecular flexibility index (Phi) is 8.29. The predicted molar refractivity (Wildman–Crippen MR) is 142 cm³/mol. The van der Waals surface area contributed by atoms with Gasteiger partial charge in [-0.3, -0.25) is 15.6 Å². The van der Waals surface area contributed by atoms with Crippen LogP contribution in [0, 0.1) is 0 Å². The van der Waals surface area contributed by atoms with Gasteiger partial charge in [0.15, 0.2) is 0 Å². The number of rotatable bonds is 7. The number of halogens is 3. The fraction of sp³-hybridized carbons (Fsp3) is 0.192. The van der Waals surface area contributed by atoms with Crippen LogP contribution in [0.3, 0.4) is 0 Å². The molecule has 0 spiro atoms. The molecule has 1 amide bonds. The molecule has 1 saturated heterocycles. The molecule has 4 rings (SSSR count). The smallest absolute Gasteiger partial charge is 0.244 e. The maximum Gasteiger partial charge on any atom is 0.244 e. The van der Waals surface area contributed by atoms with Crippen LogP contribution in [0.2, 0.25) is 10.0 Å². The van der Waals surface area contributed by atoms with E-state index in [2.05, 4.69) is 32.1 Å². The molecule has 3 aromatic carbocycles. The van der Waals surface area contributed by atoms with Crippen molar-refractivity contribution in [3.63, 3.8) is 0 Å². The largest absolute Gasteiger partial charge is 0.497 e. The molecule has 0 bridgehead atoms. The Bertz CT molecular complexity index is 1180. The predicted octanol–water partition coefficient (Wildman–Crippen LogP) is 6.17. The Hall–Kier alpha value is -2.35. The second-order valence-electron chi connectivity index (χ2n) is 7.92. The Balaban J connectivity index is 1.62. The zero-order valence-corrected chi connectivity index (χ0v) is 21.5. The number of methoxy groups -OCH3 is 1. The SMILES string of the molecule is COc1ccc(C=CC(=O)NC(c2cc(-c3ccc(Br)cc3)c(Cl)cc2Cl)C2CCNN2)cc1. The first-order valence-corrected chi connectivity index (χ1v) is 12.4. The summed E-state index contributed by atoms with van der Waals surface area (Å²) >= 11 is 16.7. The van der Waals surface area contributed by atoms with E-state index < -0.39 is 0 Å². The maximum absolute atomic E-state index is 12.9. The van der Waals surface area contributed by atoms with Crippen molar-refractivity contribution in [3.05, 3.63) is 92.4 Å². The highest BCUT2D eigenvalue weighted by atomic mass is 79.9. The van der Waals surface area contributed by atoms with Crippen LogP contribution in [-0.4, -0.2) is 25.6 Å². The number of ether oxygens (including phenoxy) is 1. The van der Waals surface area contributed by atoms with E-state index in [1.807, 2.05) is 54.6 Å². The van der Waals surface area contributed by atoms with Crippen LogP contribution in [-0.2, 0) is 4.79 Å². The van der Waals surface area contributed by atoms with Crippen molar-refractivity contribution < 1.29 is 9.53 Å². The lowest BCUT2D eigenvalue weighted by atomic mass is 9.94. The molecular formula is C26H24BrCl2N3O2. The molecule has 1 heterocycles. The summed E-state index contributed by atoms with van der Waals surface area (Å²) in [7, 11) is 1.62. The maximum atomic E-state index is 12.9. The summed E-state index contributed by atoms with van der Waals surface area (Å²) < 4.78 is 6.16. The number of carbonyl (C=O) groups excluding carboxylic acids is 1. The van der Waals surface area contributed by atoms with E-state index >= 15 is 0 Å². The van der Waals surface area contributed by atoms with Gasteiger partial charge in [0.1, 0.15) is 5.75 Å². The molecule has 176 valence electrons. The van der Waals surface area contributed by atoms with Gasteiger partial charge in [-0.15, -0.1) is 0 Å². The number of benzene rings is 3. The Labute approximate surface area is 217 Å². The average Bonchev–Trinajstić information content (AvgIpc) is 3.37. The van der Waals surface area contributed by atoms with Crippen LogP contribution in [0.5, 0.6) is 5.75 Å². The van der Waals surface area contributed by atoms with Gasteiger partial charge in [0.05, 0.1) is 13.2 Å². The zero-order chi connectivity index (χ0) is 24.1. The van der Waals surface area contributed by atoms with E-state index in [1.165, 1.54) is 6.08 Å². The van der Waals surface area contributed by atoms with E-state index in [-0.39, 0.29) is 18.0 Å². The molecule has 1 aliphatic heterocycles. The summed E-state index contributed by atoms with van der Waals surface area (Å²) in [4.78, 5) is 12.9. The second-order valence-corrected chi connectivity index (χ2v) is 9.65. The van der Waals surface area contributed by atoms with Crippen molar-refractivity contribution in [2.45, 2.75) is 18.5 Å². The Morgan fingerprint density at radius 3 is 2.50 bits per heavy atom. The van der Waals surface area contributed by atoms with Crippen molar-refractivity contribution in [2.75, 3.05) is 13.7 Å². The van der Waals surface area contributed by atoms with Gasteiger partial charge in [-0.1, -0.05) is 63.4 Å². The van der Waals surface area contributed by atoms with Crippen LogP contribution < -0.4 is 20.9 Å². The van der Waals surface area contributed by atoms with Crippen molar-refractivity contribution >= 4 is 51.1 Å². The molecule has 0 aliphatic carbocycles. The number of amides is 1. The molecule has 8 heteroatoms. The highest BCUT2D eigenvalue weighted by Gasteiger charge is 2.29. The minimum absolute atomic E-state index is 0.0326. The summed E-state index contributed by atoms with van der Waals surface area (Å²) in [5.41, 5.74) is 9.92. The second kappa shape index (κ2) is 11.4. The lowest BCUT2D eigenvalue weighted by Gasteiger charge is -2.26. The van der Waals surface area contributed by atoms with Gasteiger partial charge in [0.25, 0.3) is 0 Å². The zero-order valence-electron chi connectivity index (χ0n) is 18.4. The molecule has 5 nitrogen and oxygen atoms in total. The minimum atomic E-state index is -0.359. The third kappa shape index (κ3) is 6.01. The summed E-state index contributed by atoms with van der Waals surface area (Å²) in [6.07, 6.45) is 4.12. The van der Waals surface area contributed by atoms with Crippen LogP contribution >= 0.6 is 39.1 Å². The summed E-state index contributed by atoms with van der Waals surface area (Å²) in [6, 6.07) is 18.7. The fourth-order valence-electron chi connectivity index (χ4n) is 3.89. The molecule has 2 unspecified atom stereocenters. The van der Waals surface area contributed by atoms with Gasteiger partial charge in [-0.2, -0.15) is 0 Å². The van der Waals surface area contributed by atoms with E-state index in [1.54, 1.807) is 19.3 Å². The quantitative estimate of drug-likeness (QED) is 0.302. The minimum Gasteiger partial charge on any atom is -0.497 e. The van der Waals surface area contributed by atoms with E-state index in [4.69, 9.17) is 27.9 Å². The van der Waals surface area contributed by atoms with E-state index in [0.717, 1.165) is 45.4 Å². The summed E-state index contributed by atoms with van der Waals surface area (Å²) in [6.45, 7) is 0.795. The van der Waals surface area contributed by atoms with Crippen LogP contribution in [0.25, 0.3) is 17.2 Å². The molecule has 0 radical (unpaired) electrons. The molecule has 3 N–H and O–H groups in total. The highest BCUT2D eigenvalue weighted by molar-refractivity contribution is 9.10. The van der Waals surface area contributed by atoms with Gasteiger partial charge in [-0.25, -0.2) is 0 Å². The van der Waals surface area contributed by atoms with Crippen molar-refractivity contribution in [1.29, 1.82) is 0 Å². The number of hydrazine groups is 1. The third-order valence-electron chi connectivity index (χ3n) is 5.69. The molecular weight excluding hydrogens is 537 g/mol. The molecule has 34 heavy (non-hydrogen) atoms. The Morgan fingerprint density at radius 1 is 1.12 bits per heavy atom. The van der Waals surface area contributed by atoms with Gasteiger partial charge in [-0.05, 0) is 65.6 Å². The molecule has 3 aromatic rings. The number of carbonyl (C=O) groups is 1. The van der Waals surface area contributed by atoms with Crippen LogP contribution in [0.1, 0.15) is 23.6 Å². The lowest BCUT2D eigenvalue weighted by Crippen LogP contribution is -2.42. The summed E-state index contributed by atoms with van der Waals surface area (Å²) in [5, 5.41) is 4.19. The van der Waals surface area contributed by atoms with Crippen LogP contribution in [0.4, 0.5) is 0 Å². The summed E-state index contributed by atoms with van der Waals surface area (Å²) in [5.74, 6) is 0.547. The monoisotopic (exact) mass is 559 g/mol. The van der Waals surface area contributed by atoms with Gasteiger partial charge in [0, 0.05) is 38.7 Å². The van der Waals surface area contributed by atoms with Crippen molar-refractivity contribution in [1.82, 2.24) is 16.2 Å². The molecule has 1 aliphatic rings. The topological polar surface area (TPSA) is 62.4 Å². The van der Waals surface area contributed by atoms with E-state index in [9.17, 15) is 4.79 Å². The molecule has 1 fully saturated rings. The first-order valence-electron chi connectivity index (χ1n) is 10.8. The normalized spacial score (nSPS) is 16.5. The molecule has 0 aromatic heterocycles. The first kappa shape index (κ1) is 24.8. The lowest BCUT2D eigenvalue weighted by molar-refractivity contribution is -0.117. The molecule has 0 saturated carbocycles. The molecule has 2 atom stereocenters. The van der Waals surface area contributed by atoms with Crippen LogP contribution in [0.15, 0.2) is 71.2 Å². The van der Waals surface area contributed by atoms with Gasteiger partial charge >= 0.3 is 0 Å². The standard InChI is InChI=1S/C26H24BrCl2N3O2/c1-34-19-9-2-16(3-10-19)4-11-25(33)31-26(24-12-13-30-32-24)21-14-20(22(28)15-23(21)29)17-5-7-18(27)8-6-17/h2-11,14-15,24,26,30,32H,12-13H2,1H3,(H,31,33).